The van der Waals surface area contributed by atoms with Gasteiger partial charge in [-0.2, -0.15) is 0 Å². The average molecular weight is 292 g/mol. The number of aromatic nitrogens is 4. The molecule has 1 amide bonds. The van der Waals surface area contributed by atoms with Gasteiger partial charge in [-0.05, 0) is 13.8 Å². The van der Waals surface area contributed by atoms with Crippen LogP contribution in [0.1, 0.15) is 35.4 Å². The van der Waals surface area contributed by atoms with Gasteiger partial charge in [0.05, 0.1) is 17.8 Å². The summed E-state index contributed by atoms with van der Waals surface area (Å²) in [7, 11) is 0. The predicted octanol–water partition coefficient (Wildman–Crippen LogP) is 0.544. The normalized spacial score (nSPS) is 15.9. The lowest BCUT2D eigenvalue weighted by Gasteiger charge is -2.26. The SMILES string of the molecule is CC(C)(NC(=O)c1cn(C2CNC2)nn1)c1nccs1. The number of nitrogens with zero attached hydrogens (tertiary/aromatic N) is 4. The summed E-state index contributed by atoms with van der Waals surface area (Å²) in [6.07, 6.45) is 3.42. The van der Waals surface area contributed by atoms with Crippen LogP contribution in [0, 0.1) is 0 Å². The number of hydrogen-bond acceptors (Lipinski definition) is 6. The van der Waals surface area contributed by atoms with Crippen molar-refractivity contribution in [2.45, 2.75) is 25.4 Å². The fraction of sp³-hybridized carbons (Fsp3) is 0.500. The van der Waals surface area contributed by atoms with Gasteiger partial charge >= 0.3 is 0 Å². The van der Waals surface area contributed by atoms with Gasteiger partial charge in [0, 0.05) is 24.7 Å². The summed E-state index contributed by atoms with van der Waals surface area (Å²) in [5.41, 5.74) is -0.186. The van der Waals surface area contributed by atoms with Gasteiger partial charge in [0.1, 0.15) is 5.01 Å². The first-order valence-corrected chi connectivity index (χ1v) is 7.29. The molecule has 8 heteroatoms. The number of nitrogens with one attached hydrogen (secondary N) is 2. The number of carbonyl (C=O) groups excluding carboxylic acids is 1. The van der Waals surface area contributed by atoms with Crippen LogP contribution in [0.2, 0.25) is 0 Å². The summed E-state index contributed by atoms with van der Waals surface area (Å²) in [5, 5.41) is 16.8. The molecular weight excluding hydrogens is 276 g/mol. The molecule has 1 fully saturated rings. The molecule has 1 saturated heterocycles. The number of thiazole rings is 1. The van der Waals surface area contributed by atoms with E-state index < -0.39 is 5.54 Å². The van der Waals surface area contributed by atoms with E-state index in [2.05, 4.69) is 25.9 Å². The molecule has 0 spiro atoms. The second-order valence-corrected chi connectivity index (χ2v) is 6.21. The minimum Gasteiger partial charge on any atom is -0.339 e. The van der Waals surface area contributed by atoms with Crippen LogP contribution in [0.3, 0.4) is 0 Å². The third-order valence-corrected chi connectivity index (χ3v) is 4.37. The molecule has 0 aliphatic carbocycles. The maximum atomic E-state index is 12.2. The monoisotopic (exact) mass is 292 g/mol. The van der Waals surface area contributed by atoms with Crippen LogP contribution in [-0.2, 0) is 5.54 Å². The molecular formula is C12H16N6OS. The third kappa shape index (κ3) is 2.44. The molecule has 2 aromatic heterocycles. The average Bonchev–Trinajstić information content (AvgIpc) is 2.97. The Kier molecular flexibility index (Phi) is 3.27. The molecule has 3 heterocycles. The Morgan fingerprint density at radius 3 is 2.95 bits per heavy atom. The van der Waals surface area contributed by atoms with Crippen LogP contribution in [-0.4, -0.2) is 39.0 Å². The Morgan fingerprint density at radius 1 is 1.55 bits per heavy atom. The molecule has 0 saturated carbocycles. The number of rotatable bonds is 4. The van der Waals surface area contributed by atoms with Gasteiger partial charge in [-0.15, -0.1) is 16.4 Å². The Labute approximate surface area is 120 Å². The molecule has 2 aromatic rings. The second-order valence-electron chi connectivity index (χ2n) is 5.31. The van der Waals surface area contributed by atoms with Crippen molar-refractivity contribution in [1.29, 1.82) is 0 Å². The van der Waals surface area contributed by atoms with E-state index in [0.29, 0.717) is 11.7 Å². The van der Waals surface area contributed by atoms with Crippen LogP contribution >= 0.6 is 11.3 Å². The first-order valence-electron chi connectivity index (χ1n) is 6.41. The summed E-state index contributed by atoms with van der Waals surface area (Å²) in [6.45, 7) is 5.58. The standard InChI is InChI=1S/C12H16N6OS/c1-12(2,11-14-3-4-20-11)15-10(19)9-7-18(17-16-9)8-5-13-6-8/h3-4,7-8,13H,5-6H2,1-2H3,(H,15,19). The van der Waals surface area contributed by atoms with E-state index >= 15 is 0 Å². The molecule has 2 N–H and O–H groups in total. The minimum atomic E-state index is -0.521. The van der Waals surface area contributed by atoms with Crippen LogP contribution in [0.25, 0.3) is 0 Å². The van der Waals surface area contributed by atoms with Crippen molar-refractivity contribution in [3.8, 4) is 0 Å². The van der Waals surface area contributed by atoms with Crippen LogP contribution < -0.4 is 10.6 Å². The maximum absolute atomic E-state index is 12.2. The van der Waals surface area contributed by atoms with E-state index in [-0.39, 0.29) is 5.91 Å². The second kappa shape index (κ2) is 4.95. The third-order valence-electron chi connectivity index (χ3n) is 3.27. The molecule has 3 rings (SSSR count). The van der Waals surface area contributed by atoms with E-state index in [1.54, 1.807) is 17.1 Å². The zero-order valence-corrected chi connectivity index (χ0v) is 12.1. The smallest absolute Gasteiger partial charge is 0.274 e. The molecule has 1 aliphatic rings. The van der Waals surface area contributed by atoms with E-state index in [1.165, 1.54) is 11.3 Å². The minimum absolute atomic E-state index is 0.233. The lowest BCUT2D eigenvalue weighted by atomic mass is 10.1. The van der Waals surface area contributed by atoms with Crippen LogP contribution in [0.15, 0.2) is 17.8 Å². The summed E-state index contributed by atoms with van der Waals surface area (Å²) in [4.78, 5) is 16.5. The van der Waals surface area contributed by atoms with E-state index in [1.807, 2.05) is 19.2 Å². The summed E-state index contributed by atoms with van der Waals surface area (Å²) < 4.78 is 1.74. The van der Waals surface area contributed by atoms with Crippen LogP contribution in [0.5, 0.6) is 0 Å². The van der Waals surface area contributed by atoms with Gasteiger partial charge in [0.15, 0.2) is 5.69 Å². The lowest BCUT2D eigenvalue weighted by molar-refractivity contribution is 0.0906. The zero-order chi connectivity index (χ0) is 14.2. The summed E-state index contributed by atoms with van der Waals surface area (Å²) >= 11 is 1.51. The van der Waals surface area contributed by atoms with Gasteiger partial charge < -0.3 is 10.6 Å². The lowest BCUT2D eigenvalue weighted by Crippen LogP contribution is -2.43. The van der Waals surface area contributed by atoms with E-state index in [0.717, 1.165) is 18.1 Å². The van der Waals surface area contributed by atoms with Crippen LogP contribution in [0.4, 0.5) is 0 Å². The van der Waals surface area contributed by atoms with Crippen molar-refractivity contribution < 1.29 is 4.79 Å². The van der Waals surface area contributed by atoms with Crippen molar-refractivity contribution in [3.63, 3.8) is 0 Å². The van der Waals surface area contributed by atoms with Gasteiger partial charge in [-0.1, -0.05) is 5.21 Å². The van der Waals surface area contributed by atoms with Crippen molar-refractivity contribution in [2.75, 3.05) is 13.1 Å². The molecule has 0 atom stereocenters. The van der Waals surface area contributed by atoms with Crippen molar-refractivity contribution in [1.82, 2.24) is 30.6 Å². The largest absolute Gasteiger partial charge is 0.339 e. The first kappa shape index (κ1) is 13.2. The fourth-order valence-electron chi connectivity index (χ4n) is 1.95. The first-order chi connectivity index (χ1) is 9.56. The fourth-order valence-corrected chi connectivity index (χ4v) is 2.67. The summed E-state index contributed by atoms with van der Waals surface area (Å²) in [5.74, 6) is -0.233. The van der Waals surface area contributed by atoms with Gasteiger partial charge in [-0.3, -0.25) is 4.79 Å². The van der Waals surface area contributed by atoms with Crippen molar-refractivity contribution >= 4 is 17.2 Å². The molecule has 106 valence electrons. The topological polar surface area (TPSA) is 84.7 Å². The molecule has 20 heavy (non-hydrogen) atoms. The van der Waals surface area contributed by atoms with Gasteiger partial charge in [0.25, 0.3) is 5.91 Å². The molecule has 7 nitrogen and oxygen atoms in total. The molecule has 0 bridgehead atoms. The Morgan fingerprint density at radius 2 is 2.35 bits per heavy atom. The Hall–Kier alpha value is -1.80. The zero-order valence-electron chi connectivity index (χ0n) is 11.3. The summed E-state index contributed by atoms with van der Waals surface area (Å²) in [6, 6.07) is 0.302. The van der Waals surface area contributed by atoms with E-state index in [4.69, 9.17) is 0 Å². The van der Waals surface area contributed by atoms with E-state index in [9.17, 15) is 4.79 Å². The number of carbonyl (C=O) groups is 1. The van der Waals surface area contributed by atoms with Gasteiger partial charge in [-0.25, -0.2) is 9.67 Å². The molecule has 1 aliphatic heterocycles. The molecule has 0 aromatic carbocycles. The quantitative estimate of drug-likeness (QED) is 0.859. The highest BCUT2D eigenvalue weighted by molar-refractivity contribution is 7.09. The van der Waals surface area contributed by atoms with Gasteiger partial charge in [0.2, 0.25) is 0 Å². The number of amides is 1. The Balaban J connectivity index is 1.71. The van der Waals surface area contributed by atoms with Crippen molar-refractivity contribution in [3.05, 3.63) is 28.5 Å². The Bertz CT molecular complexity index is 601. The van der Waals surface area contributed by atoms with Crippen molar-refractivity contribution in [2.24, 2.45) is 0 Å². The maximum Gasteiger partial charge on any atom is 0.274 e. The number of hydrogen-bond donors (Lipinski definition) is 2. The highest BCUT2D eigenvalue weighted by Crippen LogP contribution is 2.22. The molecule has 0 radical (unpaired) electrons. The molecule has 0 unspecified atom stereocenters. The predicted molar refractivity (Wildman–Crippen MR) is 74.5 cm³/mol. The highest BCUT2D eigenvalue weighted by Gasteiger charge is 2.28. The highest BCUT2D eigenvalue weighted by atomic mass is 32.1.